The molecule has 0 bridgehead atoms. The molecule has 0 saturated carbocycles. The molecule has 1 aromatic heterocycles. The van der Waals surface area contributed by atoms with Crippen LogP contribution in [-0.4, -0.2) is 48.9 Å². The van der Waals surface area contributed by atoms with E-state index in [1.165, 1.54) is 0 Å². The third kappa shape index (κ3) is 2.02. The molecule has 3 rings (SSSR count). The molecular formula is C12H15BrN2O2. The highest BCUT2D eigenvalue weighted by atomic mass is 79.9. The first-order valence-corrected chi connectivity index (χ1v) is 6.66. The van der Waals surface area contributed by atoms with Gasteiger partial charge in [-0.05, 0) is 46.9 Å². The molecule has 0 aliphatic carbocycles. The number of amides is 1. The van der Waals surface area contributed by atoms with Crippen LogP contribution in [0.2, 0.25) is 0 Å². The summed E-state index contributed by atoms with van der Waals surface area (Å²) >= 11 is 3.22. The highest BCUT2D eigenvalue weighted by Gasteiger charge is 2.40. The zero-order valence-corrected chi connectivity index (χ0v) is 11.3. The van der Waals surface area contributed by atoms with E-state index in [4.69, 9.17) is 4.42 Å². The number of likely N-dealkylation sites (tertiary alicyclic amines) is 2. The predicted octanol–water partition coefficient (Wildman–Crippen LogP) is 1.68. The maximum Gasteiger partial charge on any atom is 0.289 e. The first-order valence-electron chi connectivity index (χ1n) is 5.86. The minimum Gasteiger partial charge on any atom is -0.444 e. The van der Waals surface area contributed by atoms with E-state index < -0.39 is 0 Å². The van der Waals surface area contributed by atoms with Gasteiger partial charge in [0.15, 0.2) is 10.4 Å². The van der Waals surface area contributed by atoms with Crippen LogP contribution in [0.5, 0.6) is 0 Å². The second-order valence-electron chi connectivity index (χ2n) is 5.06. The molecule has 2 aliphatic heterocycles. The minimum absolute atomic E-state index is 0.0211. The lowest BCUT2D eigenvalue weighted by molar-refractivity contribution is 0.0743. The van der Waals surface area contributed by atoms with Crippen LogP contribution in [0.25, 0.3) is 0 Å². The molecule has 2 aliphatic rings. The summed E-state index contributed by atoms with van der Waals surface area (Å²) in [5, 5.41) is 0. The first-order chi connectivity index (χ1) is 8.13. The zero-order chi connectivity index (χ0) is 12.0. The topological polar surface area (TPSA) is 36.7 Å². The Morgan fingerprint density at radius 2 is 1.94 bits per heavy atom. The Morgan fingerprint density at radius 3 is 2.47 bits per heavy atom. The Hall–Kier alpha value is -0.810. The molecule has 2 atom stereocenters. The van der Waals surface area contributed by atoms with Gasteiger partial charge in [-0.1, -0.05) is 0 Å². The Morgan fingerprint density at radius 1 is 1.29 bits per heavy atom. The Balaban J connectivity index is 1.70. The van der Waals surface area contributed by atoms with Crippen LogP contribution in [0, 0.1) is 11.8 Å². The molecule has 5 heteroatoms. The number of halogens is 1. The van der Waals surface area contributed by atoms with E-state index in [0.717, 1.165) is 26.2 Å². The fraction of sp³-hybridized carbons (Fsp3) is 0.583. The molecule has 0 radical (unpaired) electrons. The third-order valence-corrected chi connectivity index (χ3v) is 4.17. The maximum absolute atomic E-state index is 12.2. The number of rotatable bonds is 1. The van der Waals surface area contributed by atoms with Gasteiger partial charge in [-0.2, -0.15) is 0 Å². The van der Waals surface area contributed by atoms with Crippen LogP contribution >= 0.6 is 15.9 Å². The number of carbonyl (C=O) groups excluding carboxylic acids is 1. The summed E-state index contributed by atoms with van der Waals surface area (Å²) in [6.07, 6.45) is 0. The summed E-state index contributed by atoms with van der Waals surface area (Å²) in [7, 11) is 2.15. The van der Waals surface area contributed by atoms with Gasteiger partial charge in [0.25, 0.3) is 5.91 Å². The number of furan rings is 1. The number of hydrogen-bond acceptors (Lipinski definition) is 3. The van der Waals surface area contributed by atoms with Crippen molar-refractivity contribution in [1.29, 1.82) is 0 Å². The Bertz CT molecular complexity index is 431. The fourth-order valence-corrected chi connectivity index (χ4v) is 3.29. The number of carbonyl (C=O) groups is 1. The van der Waals surface area contributed by atoms with E-state index in [2.05, 4.69) is 27.9 Å². The minimum atomic E-state index is 0.0211. The smallest absolute Gasteiger partial charge is 0.289 e. The summed E-state index contributed by atoms with van der Waals surface area (Å²) in [4.78, 5) is 16.4. The van der Waals surface area contributed by atoms with Crippen molar-refractivity contribution in [3.8, 4) is 0 Å². The average molecular weight is 299 g/mol. The van der Waals surface area contributed by atoms with E-state index in [-0.39, 0.29) is 5.91 Å². The van der Waals surface area contributed by atoms with Gasteiger partial charge in [0.2, 0.25) is 0 Å². The summed E-state index contributed by atoms with van der Waals surface area (Å²) in [5.41, 5.74) is 0. The van der Waals surface area contributed by atoms with Crippen molar-refractivity contribution in [2.24, 2.45) is 11.8 Å². The maximum atomic E-state index is 12.2. The first kappa shape index (κ1) is 11.3. The monoisotopic (exact) mass is 298 g/mol. The summed E-state index contributed by atoms with van der Waals surface area (Å²) in [6, 6.07) is 3.49. The van der Waals surface area contributed by atoms with Crippen LogP contribution in [-0.2, 0) is 0 Å². The number of nitrogens with zero attached hydrogens (tertiary/aromatic N) is 2. The molecular weight excluding hydrogens is 284 g/mol. The molecule has 1 amide bonds. The Kier molecular flexibility index (Phi) is 2.75. The normalized spacial score (nSPS) is 28.7. The molecule has 0 N–H and O–H groups in total. The molecule has 92 valence electrons. The van der Waals surface area contributed by atoms with Gasteiger partial charge in [-0.25, -0.2) is 0 Å². The van der Waals surface area contributed by atoms with Gasteiger partial charge in [-0.3, -0.25) is 4.79 Å². The number of hydrogen-bond donors (Lipinski definition) is 0. The van der Waals surface area contributed by atoms with Crippen molar-refractivity contribution in [2.45, 2.75) is 0 Å². The molecule has 4 nitrogen and oxygen atoms in total. The van der Waals surface area contributed by atoms with E-state index in [1.54, 1.807) is 12.1 Å². The standard InChI is InChI=1S/C12H15BrN2O2/c1-14-4-8-6-15(7-9(8)5-14)12(16)10-2-3-11(13)17-10/h2-3,8-9H,4-7H2,1H3. The molecule has 2 saturated heterocycles. The molecule has 2 fully saturated rings. The second kappa shape index (κ2) is 4.14. The van der Waals surface area contributed by atoms with E-state index in [0.29, 0.717) is 22.3 Å². The largest absolute Gasteiger partial charge is 0.444 e. The van der Waals surface area contributed by atoms with Gasteiger partial charge >= 0.3 is 0 Å². The van der Waals surface area contributed by atoms with Crippen LogP contribution in [0.1, 0.15) is 10.6 Å². The molecule has 0 aromatic carbocycles. The molecule has 2 unspecified atom stereocenters. The molecule has 1 aromatic rings. The fourth-order valence-electron chi connectivity index (χ4n) is 2.98. The van der Waals surface area contributed by atoms with Gasteiger partial charge in [0.05, 0.1) is 0 Å². The molecule has 3 heterocycles. The second-order valence-corrected chi connectivity index (χ2v) is 5.84. The van der Waals surface area contributed by atoms with E-state index in [9.17, 15) is 4.79 Å². The molecule has 17 heavy (non-hydrogen) atoms. The zero-order valence-electron chi connectivity index (χ0n) is 9.73. The van der Waals surface area contributed by atoms with Crippen molar-refractivity contribution in [3.05, 3.63) is 22.6 Å². The SMILES string of the molecule is CN1CC2CN(C(=O)c3ccc(Br)o3)CC2C1. The van der Waals surface area contributed by atoms with Crippen LogP contribution in [0.4, 0.5) is 0 Å². The van der Waals surface area contributed by atoms with Crippen molar-refractivity contribution in [2.75, 3.05) is 33.2 Å². The molecule has 0 spiro atoms. The van der Waals surface area contributed by atoms with Gasteiger partial charge < -0.3 is 14.2 Å². The summed E-state index contributed by atoms with van der Waals surface area (Å²) < 4.78 is 5.93. The van der Waals surface area contributed by atoms with Gasteiger partial charge in [-0.15, -0.1) is 0 Å². The van der Waals surface area contributed by atoms with Crippen molar-refractivity contribution < 1.29 is 9.21 Å². The average Bonchev–Trinajstić information content (AvgIpc) is 2.90. The number of fused-ring (bicyclic) bond motifs is 1. The summed E-state index contributed by atoms with van der Waals surface area (Å²) in [6.45, 7) is 3.95. The lowest BCUT2D eigenvalue weighted by Crippen LogP contribution is -2.32. The third-order valence-electron chi connectivity index (χ3n) is 3.74. The van der Waals surface area contributed by atoms with Crippen LogP contribution < -0.4 is 0 Å². The van der Waals surface area contributed by atoms with Gasteiger partial charge in [0.1, 0.15) is 0 Å². The van der Waals surface area contributed by atoms with Crippen LogP contribution in [0.15, 0.2) is 21.2 Å². The van der Waals surface area contributed by atoms with Crippen molar-refractivity contribution in [3.63, 3.8) is 0 Å². The highest BCUT2D eigenvalue weighted by Crippen LogP contribution is 2.31. The van der Waals surface area contributed by atoms with E-state index in [1.807, 2.05) is 4.90 Å². The van der Waals surface area contributed by atoms with Gasteiger partial charge in [0, 0.05) is 26.2 Å². The van der Waals surface area contributed by atoms with Crippen LogP contribution in [0.3, 0.4) is 0 Å². The quantitative estimate of drug-likeness (QED) is 0.791. The lowest BCUT2D eigenvalue weighted by Gasteiger charge is -2.18. The van der Waals surface area contributed by atoms with Crippen molar-refractivity contribution in [1.82, 2.24) is 9.80 Å². The highest BCUT2D eigenvalue weighted by molar-refractivity contribution is 9.10. The van der Waals surface area contributed by atoms with E-state index >= 15 is 0 Å². The lowest BCUT2D eigenvalue weighted by atomic mass is 10.0. The predicted molar refractivity (Wildman–Crippen MR) is 66.8 cm³/mol. The summed E-state index contributed by atoms with van der Waals surface area (Å²) in [5.74, 6) is 1.74. The Labute approximate surface area is 109 Å². The van der Waals surface area contributed by atoms with Crippen molar-refractivity contribution >= 4 is 21.8 Å².